The molecule has 5 nitrogen and oxygen atoms in total. The fourth-order valence-electron chi connectivity index (χ4n) is 2.15. The molecule has 6 heteroatoms. The standard InChI is InChI=1S/C19H19N3O2S/c1-13(2)24-11-14-6-8-15(9-7-14)18(23)22-19-21-17(12-25-19)16-5-3-4-10-20-16/h3-10,12-13H,11H2,1-2H3,(H,21,22,23). The normalized spacial score (nSPS) is 10.8. The van der Waals surface area contributed by atoms with E-state index >= 15 is 0 Å². The number of carbonyl (C=O) groups excluding carboxylic acids is 1. The molecular formula is C19H19N3O2S. The molecule has 0 aliphatic rings. The summed E-state index contributed by atoms with van der Waals surface area (Å²) in [4.78, 5) is 21.0. The van der Waals surface area contributed by atoms with Gasteiger partial charge >= 0.3 is 0 Å². The molecule has 2 aromatic heterocycles. The number of ether oxygens (including phenoxy) is 1. The second-order valence-electron chi connectivity index (χ2n) is 5.76. The first-order valence-corrected chi connectivity index (χ1v) is 8.88. The largest absolute Gasteiger partial charge is 0.374 e. The average Bonchev–Trinajstić information content (AvgIpc) is 3.09. The van der Waals surface area contributed by atoms with Gasteiger partial charge in [-0.05, 0) is 43.7 Å². The van der Waals surface area contributed by atoms with E-state index in [2.05, 4.69) is 15.3 Å². The molecule has 0 saturated heterocycles. The van der Waals surface area contributed by atoms with Crippen molar-refractivity contribution in [1.29, 1.82) is 0 Å². The first kappa shape index (κ1) is 17.3. The fraction of sp³-hybridized carbons (Fsp3) is 0.211. The SMILES string of the molecule is CC(C)OCc1ccc(C(=O)Nc2nc(-c3ccccn3)cs2)cc1. The van der Waals surface area contributed by atoms with Crippen molar-refractivity contribution < 1.29 is 9.53 Å². The molecule has 2 heterocycles. The molecule has 0 aliphatic carbocycles. The van der Waals surface area contributed by atoms with Crippen LogP contribution in [-0.2, 0) is 11.3 Å². The zero-order chi connectivity index (χ0) is 17.6. The van der Waals surface area contributed by atoms with Crippen molar-refractivity contribution in [3.8, 4) is 11.4 Å². The Kier molecular flexibility index (Phi) is 5.53. The van der Waals surface area contributed by atoms with Crippen molar-refractivity contribution in [1.82, 2.24) is 9.97 Å². The van der Waals surface area contributed by atoms with Crippen LogP contribution in [0.15, 0.2) is 54.0 Å². The maximum atomic E-state index is 12.3. The number of benzene rings is 1. The Hall–Kier alpha value is -2.57. The predicted molar refractivity (Wildman–Crippen MR) is 99.7 cm³/mol. The lowest BCUT2D eigenvalue weighted by atomic mass is 10.1. The molecule has 25 heavy (non-hydrogen) atoms. The summed E-state index contributed by atoms with van der Waals surface area (Å²) in [5, 5.41) is 5.26. The summed E-state index contributed by atoms with van der Waals surface area (Å²) in [6.07, 6.45) is 1.90. The summed E-state index contributed by atoms with van der Waals surface area (Å²) in [6, 6.07) is 13.0. The molecule has 1 amide bonds. The lowest BCUT2D eigenvalue weighted by Gasteiger charge is -2.08. The summed E-state index contributed by atoms with van der Waals surface area (Å²) in [5.41, 5.74) is 3.16. The first-order valence-electron chi connectivity index (χ1n) is 8.00. The minimum Gasteiger partial charge on any atom is -0.374 e. The number of aromatic nitrogens is 2. The minimum absolute atomic E-state index is 0.182. The van der Waals surface area contributed by atoms with Crippen LogP contribution in [-0.4, -0.2) is 22.0 Å². The predicted octanol–water partition coefficient (Wildman–Crippen LogP) is 4.38. The van der Waals surface area contributed by atoms with Crippen molar-refractivity contribution in [3.63, 3.8) is 0 Å². The molecule has 128 valence electrons. The van der Waals surface area contributed by atoms with E-state index in [-0.39, 0.29) is 12.0 Å². The highest BCUT2D eigenvalue weighted by Crippen LogP contribution is 2.23. The van der Waals surface area contributed by atoms with Gasteiger partial charge in [0, 0.05) is 17.1 Å². The molecule has 0 unspecified atom stereocenters. The van der Waals surface area contributed by atoms with E-state index in [9.17, 15) is 4.79 Å². The number of hydrogen-bond donors (Lipinski definition) is 1. The van der Waals surface area contributed by atoms with Gasteiger partial charge in [-0.2, -0.15) is 0 Å². The molecule has 3 rings (SSSR count). The van der Waals surface area contributed by atoms with E-state index in [1.807, 2.05) is 49.6 Å². The summed E-state index contributed by atoms with van der Waals surface area (Å²) in [5.74, 6) is -0.182. The van der Waals surface area contributed by atoms with E-state index in [1.165, 1.54) is 11.3 Å². The third-order valence-corrected chi connectivity index (χ3v) is 4.21. The Labute approximate surface area is 150 Å². The van der Waals surface area contributed by atoms with Gasteiger partial charge in [0.1, 0.15) is 5.69 Å². The molecule has 0 atom stereocenters. The molecule has 0 spiro atoms. The van der Waals surface area contributed by atoms with E-state index < -0.39 is 0 Å². The van der Waals surface area contributed by atoms with Crippen molar-refractivity contribution >= 4 is 22.4 Å². The molecule has 1 aromatic carbocycles. The van der Waals surface area contributed by atoms with Gasteiger partial charge in [-0.3, -0.25) is 15.1 Å². The maximum Gasteiger partial charge on any atom is 0.257 e. The molecule has 1 N–H and O–H groups in total. The van der Waals surface area contributed by atoms with Crippen LogP contribution >= 0.6 is 11.3 Å². The van der Waals surface area contributed by atoms with Gasteiger partial charge in [-0.15, -0.1) is 11.3 Å². The molecule has 3 aromatic rings. The first-order chi connectivity index (χ1) is 12.1. The number of carbonyl (C=O) groups is 1. The van der Waals surface area contributed by atoms with Crippen LogP contribution in [0.3, 0.4) is 0 Å². The van der Waals surface area contributed by atoms with Gasteiger partial charge in [0.25, 0.3) is 5.91 Å². The number of thiazole rings is 1. The van der Waals surface area contributed by atoms with E-state index in [4.69, 9.17) is 4.74 Å². The van der Waals surface area contributed by atoms with E-state index in [1.54, 1.807) is 18.3 Å². The van der Waals surface area contributed by atoms with Crippen LogP contribution in [0.4, 0.5) is 5.13 Å². The number of nitrogens with one attached hydrogen (secondary N) is 1. The number of amides is 1. The van der Waals surface area contributed by atoms with Crippen LogP contribution in [0.1, 0.15) is 29.8 Å². The van der Waals surface area contributed by atoms with Crippen molar-refractivity contribution in [2.75, 3.05) is 5.32 Å². The summed E-state index contributed by atoms with van der Waals surface area (Å²) in [7, 11) is 0. The molecule has 0 aliphatic heterocycles. The second-order valence-corrected chi connectivity index (χ2v) is 6.62. The average molecular weight is 353 g/mol. The zero-order valence-corrected chi connectivity index (χ0v) is 14.9. The van der Waals surface area contributed by atoms with Crippen LogP contribution < -0.4 is 5.32 Å². The van der Waals surface area contributed by atoms with Crippen LogP contribution in [0.2, 0.25) is 0 Å². The van der Waals surface area contributed by atoms with Gasteiger partial charge in [-0.25, -0.2) is 4.98 Å². The number of nitrogens with zero attached hydrogens (tertiary/aromatic N) is 2. The quantitative estimate of drug-likeness (QED) is 0.714. The number of hydrogen-bond acceptors (Lipinski definition) is 5. The van der Waals surface area contributed by atoms with E-state index in [0.717, 1.165) is 17.0 Å². The van der Waals surface area contributed by atoms with Gasteiger partial charge in [-0.1, -0.05) is 18.2 Å². The number of pyridine rings is 1. The van der Waals surface area contributed by atoms with Crippen molar-refractivity contribution in [3.05, 3.63) is 65.2 Å². The highest BCUT2D eigenvalue weighted by molar-refractivity contribution is 7.14. The Balaban J connectivity index is 1.63. The van der Waals surface area contributed by atoms with E-state index in [0.29, 0.717) is 17.3 Å². The Bertz CT molecular complexity index is 829. The highest BCUT2D eigenvalue weighted by Gasteiger charge is 2.10. The third kappa shape index (κ3) is 4.71. The summed E-state index contributed by atoms with van der Waals surface area (Å²) in [6.45, 7) is 4.53. The van der Waals surface area contributed by atoms with Crippen LogP contribution in [0.5, 0.6) is 0 Å². The number of anilines is 1. The second kappa shape index (κ2) is 8.00. The topological polar surface area (TPSA) is 64.1 Å². The molecule has 0 saturated carbocycles. The lowest BCUT2D eigenvalue weighted by molar-refractivity contribution is 0.0657. The third-order valence-electron chi connectivity index (χ3n) is 3.45. The fourth-order valence-corrected chi connectivity index (χ4v) is 2.85. The van der Waals surface area contributed by atoms with Gasteiger partial charge < -0.3 is 4.74 Å². The number of rotatable bonds is 6. The molecule has 0 fully saturated rings. The van der Waals surface area contributed by atoms with Crippen LogP contribution in [0.25, 0.3) is 11.4 Å². The molecule has 0 radical (unpaired) electrons. The zero-order valence-electron chi connectivity index (χ0n) is 14.1. The van der Waals surface area contributed by atoms with Gasteiger partial charge in [0.2, 0.25) is 0 Å². The molecule has 0 bridgehead atoms. The van der Waals surface area contributed by atoms with Crippen LogP contribution in [0, 0.1) is 0 Å². The smallest absolute Gasteiger partial charge is 0.257 e. The molecular weight excluding hydrogens is 334 g/mol. The lowest BCUT2D eigenvalue weighted by Crippen LogP contribution is -2.11. The Morgan fingerprint density at radius 3 is 2.64 bits per heavy atom. The highest BCUT2D eigenvalue weighted by atomic mass is 32.1. The monoisotopic (exact) mass is 353 g/mol. The van der Waals surface area contributed by atoms with Gasteiger partial charge in [0.05, 0.1) is 18.4 Å². The summed E-state index contributed by atoms with van der Waals surface area (Å²) < 4.78 is 5.55. The minimum atomic E-state index is -0.182. The Morgan fingerprint density at radius 2 is 1.96 bits per heavy atom. The van der Waals surface area contributed by atoms with Gasteiger partial charge in [0.15, 0.2) is 5.13 Å². The van der Waals surface area contributed by atoms with Crippen molar-refractivity contribution in [2.24, 2.45) is 0 Å². The van der Waals surface area contributed by atoms with Crippen molar-refractivity contribution in [2.45, 2.75) is 26.6 Å². The maximum absolute atomic E-state index is 12.3. The Morgan fingerprint density at radius 1 is 1.16 bits per heavy atom. The summed E-state index contributed by atoms with van der Waals surface area (Å²) >= 11 is 1.38.